The van der Waals surface area contributed by atoms with Gasteiger partial charge >= 0.3 is 0 Å². The fourth-order valence-corrected chi connectivity index (χ4v) is 3.68. The summed E-state index contributed by atoms with van der Waals surface area (Å²) in [7, 11) is 3.24. The number of aliphatic hydroxyl groups excluding tert-OH is 2. The molecule has 2 heterocycles. The molecular weight excluding hydrogens is 308 g/mol. The van der Waals surface area contributed by atoms with Gasteiger partial charge in [-0.1, -0.05) is 0 Å². The summed E-state index contributed by atoms with van der Waals surface area (Å²) in [5.74, 6) is -2.76. The van der Waals surface area contributed by atoms with E-state index in [-0.39, 0.29) is 6.42 Å². The quantitative estimate of drug-likeness (QED) is 0.361. The Morgan fingerprint density at radius 2 is 1.74 bits per heavy atom. The number of fused-ring (bicyclic) bond motifs is 2. The number of ether oxygens (including phenoxy) is 3. The number of ketones is 1. The molecule has 132 valence electrons. The van der Waals surface area contributed by atoms with Gasteiger partial charge in [0.15, 0.2) is 5.78 Å². The number of Topliss-reactive ketones (excluding diaryl/α,β-unsaturated/α-hetero) is 1. The third kappa shape index (κ3) is 2.52. The summed E-state index contributed by atoms with van der Waals surface area (Å²) in [6.45, 7) is 1.70. The molecule has 3 fully saturated rings. The Labute approximate surface area is 133 Å². The van der Waals surface area contributed by atoms with Crippen LogP contribution in [0, 0.1) is 0 Å². The number of rotatable bonds is 2. The topological polar surface area (TPSA) is 130 Å². The normalized spacial score (nSPS) is 53.6. The van der Waals surface area contributed by atoms with Crippen LogP contribution in [0.5, 0.6) is 0 Å². The fraction of sp³-hybridized carbons (Fsp3) is 0.929. The van der Waals surface area contributed by atoms with E-state index in [1.165, 1.54) is 0 Å². The van der Waals surface area contributed by atoms with Crippen LogP contribution in [0.15, 0.2) is 0 Å². The van der Waals surface area contributed by atoms with Crippen LogP contribution in [0.4, 0.5) is 0 Å². The number of carbonyl (C=O) groups is 1. The van der Waals surface area contributed by atoms with Crippen LogP contribution in [0.2, 0.25) is 0 Å². The standard InChI is InChI=1S/C14H24N2O7/c1-5-4-6(17)14(20)13(21-5)22-12-10(19)7(15-2)9(18)8(16-3)11(12)23-14/h5,7-13,15-16,18-20H,4H2,1-3H3/t5-,7-,8+,9+,10+,11+,12-,13-,14+/m1/s1. The van der Waals surface area contributed by atoms with Crippen LogP contribution in [-0.4, -0.2) is 89.9 Å². The molecule has 2 saturated heterocycles. The minimum atomic E-state index is -2.23. The molecule has 3 rings (SSSR count). The summed E-state index contributed by atoms with van der Waals surface area (Å²) in [5, 5.41) is 37.2. The van der Waals surface area contributed by atoms with Gasteiger partial charge in [0.1, 0.15) is 18.3 Å². The van der Waals surface area contributed by atoms with Gasteiger partial charge in [-0.25, -0.2) is 0 Å². The van der Waals surface area contributed by atoms with Crippen molar-refractivity contribution in [3.63, 3.8) is 0 Å². The Balaban J connectivity index is 1.92. The molecule has 1 saturated carbocycles. The van der Waals surface area contributed by atoms with Gasteiger partial charge < -0.3 is 40.2 Å². The highest BCUT2D eigenvalue weighted by Crippen LogP contribution is 2.40. The molecular formula is C14H24N2O7. The molecule has 0 aromatic rings. The first-order valence-electron chi connectivity index (χ1n) is 7.78. The number of hydrogen-bond acceptors (Lipinski definition) is 9. The van der Waals surface area contributed by atoms with Crippen molar-refractivity contribution in [2.45, 2.75) is 68.0 Å². The molecule has 0 radical (unpaired) electrons. The van der Waals surface area contributed by atoms with Gasteiger partial charge in [0, 0.05) is 6.42 Å². The molecule has 9 heteroatoms. The minimum Gasteiger partial charge on any atom is -0.390 e. The minimum absolute atomic E-state index is 0.00220. The number of nitrogens with one attached hydrogen (secondary N) is 2. The van der Waals surface area contributed by atoms with Crippen molar-refractivity contribution in [1.29, 1.82) is 0 Å². The van der Waals surface area contributed by atoms with Crippen molar-refractivity contribution < 1.29 is 34.3 Å². The predicted octanol–water partition coefficient (Wildman–Crippen LogP) is -2.93. The van der Waals surface area contributed by atoms with Gasteiger partial charge in [-0.2, -0.15) is 0 Å². The molecule has 5 N–H and O–H groups in total. The van der Waals surface area contributed by atoms with Gasteiger partial charge in [0.05, 0.1) is 24.3 Å². The van der Waals surface area contributed by atoms with Crippen LogP contribution in [0.3, 0.4) is 0 Å². The second-order valence-corrected chi connectivity index (χ2v) is 6.40. The van der Waals surface area contributed by atoms with Crippen LogP contribution in [0.1, 0.15) is 13.3 Å². The first-order valence-corrected chi connectivity index (χ1v) is 7.78. The Morgan fingerprint density at radius 1 is 1.09 bits per heavy atom. The highest BCUT2D eigenvalue weighted by atomic mass is 16.8. The van der Waals surface area contributed by atoms with Gasteiger partial charge in [0.25, 0.3) is 5.79 Å². The van der Waals surface area contributed by atoms with E-state index in [2.05, 4.69) is 10.6 Å². The molecule has 1 aliphatic carbocycles. The molecule has 2 aliphatic heterocycles. The average molecular weight is 332 g/mol. The molecule has 0 bridgehead atoms. The van der Waals surface area contributed by atoms with Gasteiger partial charge in [-0.15, -0.1) is 0 Å². The molecule has 0 aromatic carbocycles. The van der Waals surface area contributed by atoms with Crippen molar-refractivity contribution in [1.82, 2.24) is 10.6 Å². The molecule has 0 unspecified atom stereocenters. The summed E-state index contributed by atoms with van der Waals surface area (Å²) >= 11 is 0. The highest BCUT2D eigenvalue weighted by molar-refractivity contribution is 5.87. The van der Waals surface area contributed by atoms with E-state index in [0.29, 0.717) is 0 Å². The zero-order valence-corrected chi connectivity index (χ0v) is 13.3. The summed E-state index contributed by atoms with van der Waals surface area (Å²) < 4.78 is 16.8. The number of aliphatic hydroxyl groups is 3. The van der Waals surface area contributed by atoms with E-state index in [1.807, 2.05) is 0 Å². The molecule has 9 nitrogen and oxygen atoms in total. The molecule has 9 atom stereocenters. The lowest BCUT2D eigenvalue weighted by molar-refractivity contribution is -0.420. The second kappa shape index (κ2) is 6.01. The Kier molecular flexibility index (Phi) is 4.49. The Hall–Kier alpha value is -0.650. The Bertz CT molecular complexity index is 478. The molecule has 3 aliphatic rings. The van der Waals surface area contributed by atoms with Crippen LogP contribution in [0.25, 0.3) is 0 Å². The van der Waals surface area contributed by atoms with E-state index >= 15 is 0 Å². The summed E-state index contributed by atoms with van der Waals surface area (Å²) in [5.41, 5.74) is 0. The van der Waals surface area contributed by atoms with Crippen molar-refractivity contribution in [3.8, 4) is 0 Å². The van der Waals surface area contributed by atoms with Crippen molar-refractivity contribution in [2.75, 3.05) is 14.1 Å². The van der Waals surface area contributed by atoms with Gasteiger partial charge in [0.2, 0.25) is 6.29 Å². The maximum absolute atomic E-state index is 12.2. The van der Waals surface area contributed by atoms with Crippen molar-refractivity contribution in [2.24, 2.45) is 0 Å². The van der Waals surface area contributed by atoms with E-state index in [9.17, 15) is 20.1 Å². The number of carbonyl (C=O) groups excluding carboxylic acids is 1. The predicted molar refractivity (Wildman–Crippen MR) is 76.4 cm³/mol. The largest absolute Gasteiger partial charge is 0.390 e. The molecule has 0 spiro atoms. The van der Waals surface area contributed by atoms with E-state index < -0.39 is 60.5 Å². The maximum Gasteiger partial charge on any atom is 0.280 e. The highest BCUT2D eigenvalue weighted by Gasteiger charge is 2.63. The zero-order valence-electron chi connectivity index (χ0n) is 13.3. The number of likely N-dealkylation sites (N-methyl/N-ethyl adjacent to an activating group) is 2. The molecule has 0 aromatic heterocycles. The SMILES string of the molecule is CN[C@@H]1[C@H](O)[C@H](NC)[C@@H]2O[C@@]3(O)C(=O)C[C@@H](C)O[C@@H]3O[C@@H]2[C@H]1O. The number of hydrogen-bond donors (Lipinski definition) is 5. The molecule has 0 amide bonds. The first-order chi connectivity index (χ1) is 10.8. The van der Waals surface area contributed by atoms with Crippen molar-refractivity contribution in [3.05, 3.63) is 0 Å². The lowest BCUT2D eigenvalue weighted by Crippen LogP contribution is -2.77. The van der Waals surface area contributed by atoms with E-state index in [1.54, 1.807) is 21.0 Å². The third-order valence-electron chi connectivity index (χ3n) is 4.93. The zero-order chi connectivity index (χ0) is 16.9. The molecule has 23 heavy (non-hydrogen) atoms. The van der Waals surface area contributed by atoms with Gasteiger partial charge in [-0.05, 0) is 21.0 Å². The second-order valence-electron chi connectivity index (χ2n) is 6.40. The van der Waals surface area contributed by atoms with Crippen LogP contribution in [-0.2, 0) is 19.0 Å². The Morgan fingerprint density at radius 3 is 2.35 bits per heavy atom. The monoisotopic (exact) mass is 332 g/mol. The van der Waals surface area contributed by atoms with Gasteiger partial charge in [-0.3, -0.25) is 4.79 Å². The van der Waals surface area contributed by atoms with E-state index in [0.717, 1.165) is 0 Å². The summed E-state index contributed by atoms with van der Waals surface area (Å²) in [6.07, 6.45) is -5.58. The van der Waals surface area contributed by atoms with Crippen LogP contribution < -0.4 is 10.6 Å². The third-order valence-corrected chi connectivity index (χ3v) is 4.93. The fourth-order valence-electron chi connectivity index (χ4n) is 3.68. The summed E-state index contributed by atoms with van der Waals surface area (Å²) in [4.78, 5) is 12.2. The summed E-state index contributed by atoms with van der Waals surface area (Å²) in [6, 6.07) is -1.29. The smallest absolute Gasteiger partial charge is 0.280 e. The first kappa shape index (κ1) is 17.2. The lowest BCUT2D eigenvalue weighted by Gasteiger charge is -2.55. The maximum atomic E-state index is 12.2. The lowest BCUT2D eigenvalue weighted by atomic mass is 9.80. The van der Waals surface area contributed by atoms with Crippen molar-refractivity contribution >= 4 is 5.78 Å². The average Bonchev–Trinajstić information content (AvgIpc) is 2.49. The van der Waals surface area contributed by atoms with Crippen LogP contribution >= 0.6 is 0 Å². The van der Waals surface area contributed by atoms with E-state index in [4.69, 9.17) is 14.2 Å².